The van der Waals surface area contributed by atoms with E-state index < -0.39 is 0 Å². The van der Waals surface area contributed by atoms with Gasteiger partial charge in [0.25, 0.3) is 0 Å². The van der Waals surface area contributed by atoms with E-state index in [0.717, 1.165) is 30.6 Å². The Morgan fingerprint density at radius 2 is 2.45 bits per heavy atom. The summed E-state index contributed by atoms with van der Waals surface area (Å²) in [5.41, 5.74) is 2.00. The molecule has 1 fully saturated rings. The normalized spacial score (nSPS) is 19.3. The van der Waals surface area contributed by atoms with Gasteiger partial charge < -0.3 is 10.1 Å². The third kappa shape index (κ3) is 4.07. The van der Waals surface area contributed by atoms with Crippen LogP contribution in [-0.2, 0) is 9.53 Å². The van der Waals surface area contributed by atoms with E-state index in [4.69, 9.17) is 4.74 Å². The fourth-order valence-corrected chi connectivity index (χ4v) is 2.42. The lowest BCUT2D eigenvalue weighted by Crippen LogP contribution is -2.32. The van der Waals surface area contributed by atoms with Crippen LogP contribution in [-0.4, -0.2) is 25.2 Å². The lowest BCUT2D eigenvalue weighted by Gasteiger charge is -2.13. The van der Waals surface area contributed by atoms with Crippen molar-refractivity contribution in [1.29, 1.82) is 5.26 Å². The summed E-state index contributed by atoms with van der Waals surface area (Å²) >= 11 is 0. The number of nitrogens with zero attached hydrogens (tertiary/aromatic N) is 1. The van der Waals surface area contributed by atoms with Crippen LogP contribution in [0.5, 0.6) is 0 Å². The lowest BCUT2D eigenvalue weighted by molar-refractivity contribution is -0.121. The van der Waals surface area contributed by atoms with E-state index in [2.05, 4.69) is 11.4 Å². The smallest absolute Gasteiger partial charge is 0.221 e. The van der Waals surface area contributed by atoms with Crippen molar-refractivity contribution >= 4 is 5.91 Å². The number of benzene rings is 1. The molecule has 2 atom stereocenters. The monoisotopic (exact) mass is 272 g/mol. The van der Waals surface area contributed by atoms with Gasteiger partial charge in [0.15, 0.2) is 0 Å². The molecule has 0 spiro atoms. The standard InChI is InChI=1S/C16H20N2O2/c1-12-4-2-5-13(8-12)14(10-17)9-16(19)18-11-15-6-3-7-20-15/h2,4-5,8,14-15H,3,6-7,9,11H2,1H3,(H,18,19). The average molecular weight is 272 g/mol. The topological polar surface area (TPSA) is 62.1 Å². The Labute approximate surface area is 119 Å². The van der Waals surface area contributed by atoms with Gasteiger partial charge in [0.2, 0.25) is 5.91 Å². The molecule has 2 rings (SSSR count). The number of ether oxygens (including phenoxy) is 1. The van der Waals surface area contributed by atoms with Gasteiger partial charge in [0, 0.05) is 19.6 Å². The largest absolute Gasteiger partial charge is 0.376 e. The summed E-state index contributed by atoms with van der Waals surface area (Å²) < 4.78 is 5.46. The number of hydrogen-bond acceptors (Lipinski definition) is 3. The van der Waals surface area contributed by atoms with Crippen molar-refractivity contribution < 1.29 is 9.53 Å². The number of aryl methyl sites for hydroxylation is 1. The molecule has 0 aromatic heterocycles. The van der Waals surface area contributed by atoms with Gasteiger partial charge in [0.05, 0.1) is 18.1 Å². The van der Waals surface area contributed by atoms with E-state index in [1.807, 2.05) is 31.2 Å². The summed E-state index contributed by atoms with van der Waals surface area (Å²) in [5, 5.41) is 12.1. The number of nitrogens with one attached hydrogen (secondary N) is 1. The van der Waals surface area contributed by atoms with Crippen LogP contribution >= 0.6 is 0 Å². The molecule has 2 unspecified atom stereocenters. The van der Waals surface area contributed by atoms with Gasteiger partial charge in [-0.3, -0.25) is 4.79 Å². The minimum atomic E-state index is -0.389. The van der Waals surface area contributed by atoms with E-state index in [1.165, 1.54) is 0 Å². The van der Waals surface area contributed by atoms with Gasteiger partial charge in [-0.25, -0.2) is 0 Å². The fraction of sp³-hybridized carbons (Fsp3) is 0.500. The molecule has 0 radical (unpaired) electrons. The lowest BCUT2D eigenvalue weighted by atomic mass is 9.95. The maximum atomic E-state index is 11.9. The Kier molecular flexibility index (Phi) is 5.14. The van der Waals surface area contributed by atoms with Crippen LogP contribution in [0.15, 0.2) is 24.3 Å². The number of carbonyl (C=O) groups is 1. The van der Waals surface area contributed by atoms with Crippen LogP contribution in [0.1, 0.15) is 36.3 Å². The minimum absolute atomic E-state index is 0.0893. The predicted octanol–water partition coefficient (Wildman–Crippen LogP) is 2.29. The first-order valence-corrected chi connectivity index (χ1v) is 7.03. The Balaban J connectivity index is 1.86. The molecule has 1 aliphatic heterocycles. The maximum absolute atomic E-state index is 11.9. The second-order valence-corrected chi connectivity index (χ2v) is 5.24. The zero-order chi connectivity index (χ0) is 14.4. The highest BCUT2D eigenvalue weighted by atomic mass is 16.5. The molecule has 4 nitrogen and oxygen atoms in total. The van der Waals surface area contributed by atoms with E-state index in [0.29, 0.717) is 6.54 Å². The van der Waals surface area contributed by atoms with Crippen LogP contribution in [0.25, 0.3) is 0 Å². The fourth-order valence-electron chi connectivity index (χ4n) is 2.42. The summed E-state index contributed by atoms with van der Waals surface area (Å²) in [6.45, 7) is 3.31. The molecular formula is C16H20N2O2. The zero-order valence-electron chi connectivity index (χ0n) is 11.8. The van der Waals surface area contributed by atoms with Gasteiger partial charge in [-0.2, -0.15) is 5.26 Å². The summed E-state index contributed by atoms with van der Waals surface area (Å²) in [6.07, 6.45) is 2.40. The molecule has 1 aromatic carbocycles. The quantitative estimate of drug-likeness (QED) is 0.894. The Hall–Kier alpha value is -1.86. The molecule has 0 saturated carbocycles. The predicted molar refractivity (Wildman–Crippen MR) is 76.1 cm³/mol. The highest BCUT2D eigenvalue weighted by molar-refractivity contribution is 5.77. The van der Waals surface area contributed by atoms with Crippen LogP contribution in [0.3, 0.4) is 0 Å². The molecule has 20 heavy (non-hydrogen) atoms. The number of nitriles is 1. The van der Waals surface area contributed by atoms with Crippen molar-refractivity contribution in [2.24, 2.45) is 0 Å². The minimum Gasteiger partial charge on any atom is -0.376 e. The summed E-state index contributed by atoms with van der Waals surface area (Å²) in [7, 11) is 0. The molecule has 1 aromatic rings. The third-order valence-corrected chi connectivity index (χ3v) is 3.54. The number of rotatable bonds is 5. The molecule has 0 bridgehead atoms. The van der Waals surface area contributed by atoms with Crippen LogP contribution in [0.2, 0.25) is 0 Å². The number of amides is 1. The van der Waals surface area contributed by atoms with Gasteiger partial charge >= 0.3 is 0 Å². The zero-order valence-corrected chi connectivity index (χ0v) is 11.8. The summed E-state index contributed by atoms with van der Waals surface area (Å²) in [5.74, 6) is -0.479. The second kappa shape index (κ2) is 7.06. The van der Waals surface area contributed by atoms with Gasteiger partial charge in [0.1, 0.15) is 0 Å². The molecule has 0 aliphatic carbocycles. The number of hydrogen-bond donors (Lipinski definition) is 1. The first kappa shape index (κ1) is 14.5. The molecule has 1 amide bonds. The van der Waals surface area contributed by atoms with Gasteiger partial charge in [-0.05, 0) is 25.3 Å². The number of carbonyl (C=O) groups excluding carboxylic acids is 1. The molecule has 1 N–H and O–H groups in total. The first-order valence-electron chi connectivity index (χ1n) is 7.03. The summed E-state index contributed by atoms with van der Waals surface area (Å²) in [4.78, 5) is 11.9. The van der Waals surface area contributed by atoms with Gasteiger partial charge in [-0.1, -0.05) is 29.8 Å². The Morgan fingerprint density at radius 3 is 3.10 bits per heavy atom. The SMILES string of the molecule is Cc1cccc(C(C#N)CC(=O)NCC2CCCO2)c1. The molecular weight excluding hydrogens is 252 g/mol. The maximum Gasteiger partial charge on any atom is 0.221 e. The van der Waals surface area contributed by atoms with Crippen molar-refractivity contribution in [3.05, 3.63) is 35.4 Å². The van der Waals surface area contributed by atoms with E-state index >= 15 is 0 Å². The first-order chi connectivity index (χ1) is 9.69. The van der Waals surface area contributed by atoms with Crippen molar-refractivity contribution in [2.75, 3.05) is 13.2 Å². The molecule has 1 aliphatic rings. The molecule has 106 valence electrons. The van der Waals surface area contributed by atoms with E-state index in [1.54, 1.807) is 0 Å². The van der Waals surface area contributed by atoms with E-state index in [-0.39, 0.29) is 24.3 Å². The molecule has 1 saturated heterocycles. The second-order valence-electron chi connectivity index (χ2n) is 5.24. The third-order valence-electron chi connectivity index (χ3n) is 3.54. The summed E-state index contributed by atoms with van der Waals surface area (Å²) in [6, 6.07) is 9.97. The highest BCUT2D eigenvalue weighted by Gasteiger charge is 2.19. The van der Waals surface area contributed by atoms with Crippen molar-refractivity contribution in [3.63, 3.8) is 0 Å². The van der Waals surface area contributed by atoms with Crippen LogP contribution < -0.4 is 5.32 Å². The molecule has 1 heterocycles. The highest BCUT2D eigenvalue weighted by Crippen LogP contribution is 2.20. The average Bonchev–Trinajstić information content (AvgIpc) is 2.96. The van der Waals surface area contributed by atoms with Crippen LogP contribution in [0.4, 0.5) is 0 Å². The Bertz CT molecular complexity index is 501. The Morgan fingerprint density at radius 1 is 1.60 bits per heavy atom. The molecule has 4 heteroatoms. The van der Waals surface area contributed by atoms with E-state index in [9.17, 15) is 10.1 Å². The van der Waals surface area contributed by atoms with Crippen molar-refractivity contribution in [1.82, 2.24) is 5.32 Å². The van der Waals surface area contributed by atoms with Gasteiger partial charge in [-0.15, -0.1) is 0 Å². The van der Waals surface area contributed by atoms with Crippen molar-refractivity contribution in [3.8, 4) is 6.07 Å². The van der Waals surface area contributed by atoms with Crippen LogP contribution in [0, 0.1) is 18.3 Å². The van der Waals surface area contributed by atoms with Crippen molar-refractivity contribution in [2.45, 2.75) is 38.2 Å².